The normalized spacial score (nSPS) is 21.7. The van der Waals surface area contributed by atoms with Crippen LogP contribution in [0.15, 0.2) is 108 Å². The minimum absolute atomic E-state index is 0.0102. The molecule has 7 rings (SSSR count). The lowest BCUT2D eigenvalue weighted by atomic mass is 9.57. The molecule has 0 unspecified atom stereocenters. The SMILES string of the molecule is C=CCN(CC=C)[C@@H]1c2onc(OCc3ccccc3)c2C(=O)[C@@]2(O[Si](C)(C)C(C)(C)C)C(=O)C3=C(O)c4c(OCc5ccccc5)ccc(C(F)(F)F)c4C[C@H]3C[C@@H]12. The second-order valence-electron chi connectivity index (χ2n) is 17.0. The zero-order valence-electron chi connectivity index (χ0n) is 33.9. The number of rotatable bonds is 13. The van der Waals surface area contributed by atoms with E-state index in [-0.39, 0.29) is 78.8 Å². The van der Waals surface area contributed by atoms with Crippen LogP contribution in [-0.2, 0) is 35.0 Å². The van der Waals surface area contributed by atoms with Gasteiger partial charge >= 0.3 is 6.18 Å². The van der Waals surface area contributed by atoms with E-state index in [0.717, 1.165) is 17.2 Å². The Balaban J connectivity index is 1.46. The highest BCUT2D eigenvalue weighted by atomic mass is 28.4. The second kappa shape index (κ2) is 15.7. The third-order valence-electron chi connectivity index (χ3n) is 12.3. The van der Waals surface area contributed by atoms with E-state index in [0.29, 0.717) is 0 Å². The summed E-state index contributed by atoms with van der Waals surface area (Å²) in [5, 5.41) is 16.1. The number of aliphatic hydroxyl groups excluding tert-OH is 1. The predicted octanol–water partition coefficient (Wildman–Crippen LogP) is 10.3. The fourth-order valence-electron chi connectivity index (χ4n) is 8.52. The highest BCUT2D eigenvalue weighted by Gasteiger charge is 2.69. The predicted molar refractivity (Wildman–Crippen MR) is 219 cm³/mol. The van der Waals surface area contributed by atoms with E-state index in [4.69, 9.17) is 18.4 Å². The highest BCUT2D eigenvalue weighted by molar-refractivity contribution is 6.74. The molecule has 310 valence electrons. The first kappa shape index (κ1) is 41.9. The van der Waals surface area contributed by atoms with Crippen LogP contribution in [-0.4, -0.2) is 53.7 Å². The average molecular weight is 827 g/mol. The van der Waals surface area contributed by atoms with Gasteiger partial charge in [0.1, 0.15) is 30.3 Å². The van der Waals surface area contributed by atoms with E-state index in [1.54, 1.807) is 12.2 Å². The van der Waals surface area contributed by atoms with Crippen molar-refractivity contribution < 1.29 is 46.3 Å². The Morgan fingerprint density at radius 3 is 2.05 bits per heavy atom. The van der Waals surface area contributed by atoms with Crippen LogP contribution in [0.25, 0.3) is 5.76 Å². The summed E-state index contributed by atoms with van der Waals surface area (Å²) in [4.78, 5) is 33.5. The summed E-state index contributed by atoms with van der Waals surface area (Å²) >= 11 is 0. The summed E-state index contributed by atoms with van der Waals surface area (Å²) in [7, 11) is -3.10. The lowest BCUT2D eigenvalue weighted by Crippen LogP contribution is -2.68. The average Bonchev–Trinajstić information content (AvgIpc) is 3.60. The molecule has 0 bridgehead atoms. The number of hydrogen-bond donors (Lipinski definition) is 1. The van der Waals surface area contributed by atoms with Crippen molar-refractivity contribution in [2.45, 2.75) is 82.8 Å². The maximum absolute atomic E-state index is 15.9. The van der Waals surface area contributed by atoms with Crippen LogP contribution >= 0.6 is 0 Å². The molecule has 0 aliphatic heterocycles. The van der Waals surface area contributed by atoms with E-state index < -0.39 is 65.9 Å². The van der Waals surface area contributed by atoms with Crippen molar-refractivity contribution in [2.75, 3.05) is 13.1 Å². The number of benzene rings is 3. The van der Waals surface area contributed by atoms with Crippen molar-refractivity contribution in [1.29, 1.82) is 0 Å². The Morgan fingerprint density at radius 1 is 0.898 bits per heavy atom. The number of aromatic nitrogens is 1. The Bertz CT molecular complexity index is 2290. The van der Waals surface area contributed by atoms with E-state index in [2.05, 4.69) is 18.3 Å². The van der Waals surface area contributed by atoms with Gasteiger partial charge in [-0.1, -0.05) is 93.6 Å². The smallest absolute Gasteiger partial charge is 0.416 e. The maximum atomic E-state index is 15.9. The fraction of sp³-hybridized carbons (Fsp3) is 0.370. The molecule has 1 fully saturated rings. The van der Waals surface area contributed by atoms with Crippen LogP contribution in [0.4, 0.5) is 13.2 Å². The van der Waals surface area contributed by atoms with Gasteiger partial charge in [-0.25, -0.2) is 0 Å². The van der Waals surface area contributed by atoms with Gasteiger partial charge in [-0.3, -0.25) is 14.5 Å². The number of carbonyl (C=O) groups is 2. The number of alkyl halides is 3. The molecular formula is C46H49F3N2O7Si. The van der Waals surface area contributed by atoms with Gasteiger partial charge in [0.05, 0.1) is 17.2 Å². The number of ketones is 2. The molecule has 0 saturated heterocycles. The molecule has 1 saturated carbocycles. The van der Waals surface area contributed by atoms with Crippen LogP contribution in [0.1, 0.15) is 77.2 Å². The molecule has 1 heterocycles. The molecule has 9 nitrogen and oxygen atoms in total. The van der Waals surface area contributed by atoms with Gasteiger partial charge < -0.3 is 23.5 Å². The Hall–Kier alpha value is -5.24. The number of fused-ring (bicyclic) bond motifs is 4. The van der Waals surface area contributed by atoms with Crippen molar-refractivity contribution in [3.8, 4) is 11.6 Å². The van der Waals surface area contributed by atoms with Gasteiger partial charge in [-0.05, 0) is 70.9 Å². The van der Waals surface area contributed by atoms with Crippen LogP contribution in [0, 0.1) is 11.8 Å². The Kier molecular flexibility index (Phi) is 11.2. The van der Waals surface area contributed by atoms with Crippen molar-refractivity contribution in [3.63, 3.8) is 0 Å². The largest absolute Gasteiger partial charge is 0.507 e. The number of Topliss-reactive ketones (excluding diaryl/α,β-unsaturated/α-hetero) is 2. The summed E-state index contributed by atoms with van der Waals surface area (Å²) in [6.07, 6.45) is -1.72. The summed E-state index contributed by atoms with van der Waals surface area (Å²) in [5.41, 5.74) is -2.31. The van der Waals surface area contributed by atoms with E-state index in [1.807, 2.05) is 99.4 Å². The second-order valence-corrected chi connectivity index (χ2v) is 21.7. The quantitative estimate of drug-likeness (QED) is 0.0800. The maximum Gasteiger partial charge on any atom is 0.416 e. The van der Waals surface area contributed by atoms with Crippen LogP contribution in [0.3, 0.4) is 0 Å². The number of ether oxygens (including phenoxy) is 2. The summed E-state index contributed by atoms with van der Waals surface area (Å²) in [5.74, 6) is -4.16. The zero-order valence-corrected chi connectivity index (χ0v) is 34.9. The van der Waals surface area contributed by atoms with E-state index >= 15 is 9.59 Å². The first-order valence-electron chi connectivity index (χ1n) is 19.7. The standard InChI is InChI=1S/C46H49F3N2O7Si/c1-8-22-51(23-9-2)38-33-25-30-24-31-32(46(47,48)49)20-21-34(55-26-28-16-12-10-13-17-28)36(31)39(52)35(30)41(53)45(33,58-59(6,7)44(3,4)5)42(54)37-40(38)57-50-43(37)56-27-29-18-14-11-15-19-29/h8-21,30,33,38,52H,1-2,22-27H2,3-7H3/t30-,33-,38-,45-/m0/s1. The monoisotopic (exact) mass is 826 g/mol. The molecule has 0 spiro atoms. The van der Waals surface area contributed by atoms with Crippen LogP contribution in [0.5, 0.6) is 11.6 Å². The Labute approximate surface area is 343 Å². The molecule has 3 aromatic carbocycles. The molecule has 59 heavy (non-hydrogen) atoms. The lowest BCUT2D eigenvalue weighted by Gasteiger charge is -2.55. The molecule has 4 aromatic rings. The van der Waals surface area contributed by atoms with E-state index in [1.165, 1.54) is 6.07 Å². The minimum atomic E-state index is -4.79. The zero-order chi connectivity index (χ0) is 42.5. The lowest BCUT2D eigenvalue weighted by molar-refractivity contribution is -0.141. The summed E-state index contributed by atoms with van der Waals surface area (Å²) in [6, 6.07) is 19.6. The molecule has 0 amide bonds. The van der Waals surface area contributed by atoms with Crippen molar-refractivity contribution in [1.82, 2.24) is 10.1 Å². The third kappa shape index (κ3) is 7.37. The van der Waals surface area contributed by atoms with Gasteiger partial charge in [0.15, 0.2) is 19.7 Å². The van der Waals surface area contributed by atoms with Crippen molar-refractivity contribution >= 4 is 25.6 Å². The van der Waals surface area contributed by atoms with Gasteiger partial charge in [0.25, 0.3) is 5.88 Å². The third-order valence-corrected chi connectivity index (χ3v) is 16.7. The first-order valence-corrected chi connectivity index (χ1v) is 22.6. The van der Waals surface area contributed by atoms with Crippen LogP contribution < -0.4 is 9.47 Å². The van der Waals surface area contributed by atoms with Gasteiger partial charge in [-0.15, -0.1) is 13.2 Å². The topological polar surface area (TPSA) is 111 Å². The highest BCUT2D eigenvalue weighted by Crippen LogP contribution is 2.60. The molecule has 3 aliphatic rings. The molecule has 13 heteroatoms. The van der Waals surface area contributed by atoms with Crippen molar-refractivity contribution in [3.05, 3.63) is 143 Å². The van der Waals surface area contributed by atoms with Gasteiger partial charge in [-0.2, -0.15) is 13.2 Å². The molecular weight excluding hydrogens is 778 g/mol. The molecule has 0 radical (unpaired) electrons. The first-order chi connectivity index (χ1) is 27.9. The summed E-state index contributed by atoms with van der Waals surface area (Å²) < 4.78 is 70.0. The molecule has 1 N–H and O–H groups in total. The molecule has 1 aromatic heterocycles. The van der Waals surface area contributed by atoms with Gasteiger partial charge in [0.2, 0.25) is 11.6 Å². The van der Waals surface area contributed by atoms with Crippen LogP contribution in [0.2, 0.25) is 18.1 Å². The fourth-order valence-corrected chi connectivity index (χ4v) is 9.97. The number of hydrogen-bond acceptors (Lipinski definition) is 9. The van der Waals surface area contributed by atoms with E-state index in [9.17, 15) is 18.3 Å². The minimum Gasteiger partial charge on any atom is -0.507 e. The van der Waals surface area contributed by atoms with Gasteiger partial charge in [0, 0.05) is 24.6 Å². The number of halogens is 3. The number of nitrogens with zero attached hydrogens (tertiary/aromatic N) is 2. The molecule has 3 aliphatic carbocycles. The molecule has 4 atom stereocenters. The Morgan fingerprint density at radius 2 is 1.49 bits per heavy atom. The summed E-state index contributed by atoms with van der Waals surface area (Å²) in [6.45, 7) is 18.3. The number of carbonyl (C=O) groups excluding carboxylic acids is 2. The van der Waals surface area contributed by atoms with Crippen molar-refractivity contribution in [2.24, 2.45) is 11.8 Å². The number of aliphatic hydroxyl groups is 1.